The lowest BCUT2D eigenvalue weighted by atomic mass is 9.86. The number of anilines is 1. The summed E-state index contributed by atoms with van der Waals surface area (Å²) < 4.78 is 1.19. The fourth-order valence-electron chi connectivity index (χ4n) is 4.59. The standard InChI is InChI=1S/C21H30N4OS/c22-20(26)18-15-25(21-23-17-10-4-5-11-19(17)27-21)14-13-24(18)12-6-9-16-7-2-1-3-8-16/h4-5,10-11,16,18H,1-3,6-9,12-15H2,(H2,22,26). The van der Waals surface area contributed by atoms with Crippen LogP contribution in [0.2, 0.25) is 0 Å². The van der Waals surface area contributed by atoms with Gasteiger partial charge < -0.3 is 10.6 Å². The van der Waals surface area contributed by atoms with Gasteiger partial charge in [-0.3, -0.25) is 9.69 Å². The normalized spacial score (nSPS) is 22.4. The van der Waals surface area contributed by atoms with E-state index >= 15 is 0 Å². The molecule has 2 aliphatic rings. The molecule has 1 amide bonds. The Bertz CT molecular complexity index is 737. The Balaban J connectivity index is 1.36. The van der Waals surface area contributed by atoms with Crippen molar-refractivity contribution in [3.63, 3.8) is 0 Å². The molecular formula is C21H30N4OS. The van der Waals surface area contributed by atoms with Gasteiger partial charge in [0.05, 0.1) is 10.2 Å². The van der Waals surface area contributed by atoms with E-state index in [4.69, 9.17) is 10.7 Å². The topological polar surface area (TPSA) is 62.5 Å². The number of amides is 1. The van der Waals surface area contributed by atoms with Crippen molar-refractivity contribution < 1.29 is 4.79 Å². The summed E-state index contributed by atoms with van der Waals surface area (Å²) >= 11 is 1.70. The van der Waals surface area contributed by atoms with E-state index in [1.807, 2.05) is 18.2 Å². The van der Waals surface area contributed by atoms with Crippen molar-refractivity contribution >= 4 is 32.6 Å². The first-order chi connectivity index (χ1) is 13.2. The van der Waals surface area contributed by atoms with E-state index in [9.17, 15) is 4.79 Å². The van der Waals surface area contributed by atoms with Gasteiger partial charge in [-0.1, -0.05) is 55.6 Å². The van der Waals surface area contributed by atoms with Gasteiger partial charge in [0.2, 0.25) is 5.91 Å². The van der Waals surface area contributed by atoms with Crippen molar-refractivity contribution in [2.45, 2.75) is 51.0 Å². The number of carbonyl (C=O) groups is 1. The molecule has 1 aliphatic heterocycles. The van der Waals surface area contributed by atoms with Crippen molar-refractivity contribution in [1.82, 2.24) is 9.88 Å². The fraction of sp³-hybridized carbons (Fsp3) is 0.619. The number of aromatic nitrogens is 1. The van der Waals surface area contributed by atoms with E-state index in [0.29, 0.717) is 6.54 Å². The highest BCUT2D eigenvalue weighted by Gasteiger charge is 2.32. The van der Waals surface area contributed by atoms with E-state index < -0.39 is 0 Å². The molecule has 1 aromatic heterocycles. The molecule has 1 saturated heterocycles. The Morgan fingerprint density at radius 2 is 2.00 bits per heavy atom. The Morgan fingerprint density at radius 3 is 2.78 bits per heavy atom. The molecule has 1 aliphatic carbocycles. The maximum Gasteiger partial charge on any atom is 0.236 e. The minimum atomic E-state index is -0.211. The molecule has 1 saturated carbocycles. The second-order valence-corrected chi connectivity index (χ2v) is 9.02. The van der Waals surface area contributed by atoms with Gasteiger partial charge in [-0.05, 0) is 37.4 Å². The molecule has 1 aromatic carbocycles. The third-order valence-electron chi connectivity index (χ3n) is 6.16. The lowest BCUT2D eigenvalue weighted by molar-refractivity contribution is -0.123. The monoisotopic (exact) mass is 386 g/mol. The van der Waals surface area contributed by atoms with Crippen LogP contribution in [0.15, 0.2) is 24.3 Å². The predicted octanol–water partition coefficient (Wildman–Crippen LogP) is 3.63. The van der Waals surface area contributed by atoms with Crippen LogP contribution in [0, 0.1) is 5.92 Å². The summed E-state index contributed by atoms with van der Waals surface area (Å²) in [4.78, 5) is 21.4. The molecule has 27 heavy (non-hydrogen) atoms. The summed E-state index contributed by atoms with van der Waals surface area (Å²) in [5, 5.41) is 1.00. The Morgan fingerprint density at radius 1 is 1.19 bits per heavy atom. The molecule has 1 unspecified atom stereocenters. The van der Waals surface area contributed by atoms with Gasteiger partial charge in [-0.15, -0.1) is 0 Å². The maximum atomic E-state index is 12.1. The van der Waals surface area contributed by atoms with Gasteiger partial charge in [0.25, 0.3) is 0 Å². The van der Waals surface area contributed by atoms with Gasteiger partial charge in [-0.2, -0.15) is 0 Å². The van der Waals surface area contributed by atoms with Crippen LogP contribution in [0.5, 0.6) is 0 Å². The van der Waals surface area contributed by atoms with Crippen LogP contribution in [0.4, 0.5) is 5.13 Å². The van der Waals surface area contributed by atoms with E-state index in [1.54, 1.807) is 11.3 Å². The third kappa shape index (κ3) is 4.43. The van der Waals surface area contributed by atoms with Crippen molar-refractivity contribution in [3.05, 3.63) is 24.3 Å². The number of hydrogen-bond donors (Lipinski definition) is 1. The summed E-state index contributed by atoms with van der Waals surface area (Å²) in [5.41, 5.74) is 6.79. The van der Waals surface area contributed by atoms with Gasteiger partial charge in [0, 0.05) is 19.6 Å². The quantitative estimate of drug-likeness (QED) is 0.823. The zero-order valence-electron chi connectivity index (χ0n) is 16.0. The first-order valence-corrected chi connectivity index (χ1v) is 11.2. The molecule has 2 heterocycles. The summed E-state index contributed by atoms with van der Waals surface area (Å²) in [7, 11) is 0. The lowest BCUT2D eigenvalue weighted by Gasteiger charge is -2.40. The number of para-hydroxylation sites is 1. The van der Waals surface area contributed by atoms with Gasteiger partial charge >= 0.3 is 0 Å². The molecule has 1 atom stereocenters. The van der Waals surface area contributed by atoms with Crippen LogP contribution in [-0.4, -0.2) is 48.0 Å². The average Bonchev–Trinajstić information content (AvgIpc) is 3.13. The van der Waals surface area contributed by atoms with Crippen molar-refractivity contribution in [2.24, 2.45) is 11.7 Å². The van der Waals surface area contributed by atoms with Crippen molar-refractivity contribution in [3.8, 4) is 0 Å². The number of nitrogens with zero attached hydrogens (tertiary/aromatic N) is 3. The molecule has 0 radical (unpaired) electrons. The predicted molar refractivity (Wildman–Crippen MR) is 112 cm³/mol. The minimum absolute atomic E-state index is 0.210. The zero-order chi connectivity index (χ0) is 18.6. The summed E-state index contributed by atoms with van der Waals surface area (Å²) in [5.74, 6) is 0.688. The highest BCUT2D eigenvalue weighted by molar-refractivity contribution is 7.22. The number of piperazine rings is 1. The van der Waals surface area contributed by atoms with Crippen LogP contribution >= 0.6 is 11.3 Å². The zero-order valence-corrected chi connectivity index (χ0v) is 16.8. The van der Waals surface area contributed by atoms with Crippen LogP contribution in [0.1, 0.15) is 44.9 Å². The first-order valence-electron chi connectivity index (χ1n) is 10.3. The van der Waals surface area contributed by atoms with E-state index in [0.717, 1.165) is 36.2 Å². The molecule has 0 bridgehead atoms. The second-order valence-electron chi connectivity index (χ2n) is 8.01. The largest absolute Gasteiger partial charge is 0.368 e. The number of hydrogen-bond acceptors (Lipinski definition) is 5. The molecule has 6 heteroatoms. The van der Waals surface area contributed by atoms with E-state index in [1.165, 1.54) is 49.6 Å². The van der Waals surface area contributed by atoms with Crippen LogP contribution < -0.4 is 10.6 Å². The number of carbonyl (C=O) groups excluding carboxylic acids is 1. The van der Waals surface area contributed by atoms with Crippen LogP contribution in [0.3, 0.4) is 0 Å². The van der Waals surface area contributed by atoms with Crippen molar-refractivity contribution in [1.29, 1.82) is 0 Å². The summed E-state index contributed by atoms with van der Waals surface area (Å²) in [6.07, 6.45) is 9.47. The fourth-order valence-corrected chi connectivity index (χ4v) is 5.59. The second kappa shape index (κ2) is 8.57. The van der Waals surface area contributed by atoms with Gasteiger partial charge in [0.1, 0.15) is 6.04 Å². The molecule has 0 spiro atoms. The van der Waals surface area contributed by atoms with Crippen LogP contribution in [-0.2, 0) is 4.79 Å². The average molecular weight is 387 g/mol. The smallest absolute Gasteiger partial charge is 0.236 e. The number of benzene rings is 1. The Kier molecular flexibility index (Phi) is 5.93. The highest BCUT2D eigenvalue weighted by atomic mass is 32.1. The van der Waals surface area contributed by atoms with E-state index in [-0.39, 0.29) is 11.9 Å². The Labute approximate surface area is 165 Å². The number of thiazole rings is 1. The number of nitrogens with two attached hydrogens (primary N) is 1. The van der Waals surface area contributed by atoms with Crippen LogP contribution in [0.25, 0.3) is 10.2 Å². The number of fused-ring (bicyclic) bond motifs is 1. The lowest BCUT2D eigenvalue weighted by Crippen LogP contribution is -2.58. The molecule has 2 fully saturated rings. The van der Waals surface area contributed by atoms with E-state index in [2.05, 4.69) is 15.9 Å². The number of primary amides is 1. The molecular weight excluding hydrogens is 356 g/mol. The minimum Gasteiger partial charge on any atom is -0.368 e. The van der Waals surface area contributed by atoms with Gasteiger partial charge in [-0.25, -0.2) is 4.98 Å². The van der Waals surface area contributed by atoms with Crippen molar-refractivity contribution in [2.75, 3.05) is 31.1 Å². The highest BCUT2D eigenvalue weighted by Crippen LogP contribution is 2.31. The maximum absolute atomic E-state index is 12.1. The summed E-state index contributed by atoms with van der Waals surface area (Å²) in [6, 6.07) is 7.99. The molecule has 5 nitrogen and oxygen atoms in total. The molecule has 2 aromatic rings. The third-order valence-corrected chi connectivity index (χ3v) is 7.25. The Hall–Kier alpha value is -1.66. The molecule has 146 valence electrons. The molecule has 4 rings (SSSR count). The SMILES string of the molecule is NC(=O)C1CN(c2nc3ccccc3s2)CCN1CCCC1CCCCC1. The van der Waals surface area contributed by atoms with Gasteiger partial charge in [0.15, 0.2) is 5.13 Å². The first kappa shape index (κ1) is 18.7. The summed E-state index contributed by atoms with van der Waals surface area (Å²) in [6.45, 7) is 3.43. The number of rotatable bonds is 6. The molecule has 2 N–H and O–H groups in total.